The quantitative estimate of drug-likeness (QED) is 0.255. The standard InChI is InChI=1S/C28H30N4O8S/c1-3-16-40-25(33)18-31-28(36)23-13-10-21(17-30-23)27(35)32-41(37,38)22-11-8-20(9-12-22)26(34)29-15-14-19-6-4-5-7-24(19)39-2/h4-13,17H,3,14-16,18H2,1-2H3,(H,29,34)(H,31,36)(H,32,35). The Bertz CT molecular complexity index is 1490. The number of methoxy groups -OCH3 is 1. The zero-order valence-electron chi connectivity index (χ0n) is 22.5. The van der Waals surface area contributed by atoms with Gasteiger partial charge >= 0.3 is 5.97 Å². The molecule has 0 fully saturated rings. The zero-order chi connectivity index (χ0) is 29.8. The number of pyridine rings is 1. The van der Waals surface area contributed by atoms with Crippen molar-refractivity contribution < 1.29 is 37.1 Å². The third-order valence-corrected chi connectivity index (χ3v) is 6.99. The van der Waals surface area contributed by atoms with E-state index in [0.717, 1.165) is 17.5 Å². The number of para-hydroxylation sites is 1. The van der Waals surface area contributed by atoms with E-state index in [-0.39, 0.29) is 40.8 Å². The fourth-order valence-corrected chi connectivity index (χ4v) is 4.49. The van der Waals surface area contributed by atoms with Crippen LogP contribution < -0.4 is 20.1 Å². The summed E-state index contributed by atoms with van der Waals surface area (Å²) in [6.45, 7) is 2.08. The normalized spacial score (nSPS) is 10.8. The fraction of sp³-hybridized carbons (Fsp3) is 0.250. The maximum atomic E-state index is 12.7. The number of carbonyl (C=O) groups is 4. The Morgan fingerprint density at radius 3 is 2.22 bits per heavy atom. The van der Waals surface area contributed by atoms with Gasteiger partial charge in [-0.25, -0.2) is 13.1 Å². The van der Waals surface area contributed by atoms with Gasteiger partial charge in [-0.2, -0.15) is 0 Å². The highest BCUT2D eigenvalue weighted by atomic mass is 32.2. The molecule has 3 rings (SSSR count). The SMILES string of the molecule is CCCOC(=O)CNC(=O)c1ccc(C(=O)NS(=O)(=O)c2ccc(C(=O)NCCc3ccccc3OC)cc2)cn1. The second kappa shape index (κ2) is 14.6. The molecule has 0 radical (unpaired) electrons. The number of aromatic nitrogens is 1. The van der Waals surface area contributed by atoms with Gasteiger partial charge in [-0.15, -0.1) is 0 Å². The highest BCUT2D eigenvalue weighted by Gasteiger charge is 2.20. The van der Waals surface area contributed by atoms with Gasteiger partial charge in [0.1, 0.15) is 18.0 Å². The molecule has 0 unspecified atom stereocenters. The number of ether oxygens (including phenoxy) is 2. The lowest BCUT2D eigenvalue weighted by Gasteiger charge is -2.10. The summed E-state index contributed by atoms with van der Waals surface area (Å²) in [6.07, 6.45) is 2.23. The molecule has 0 aliphatic heterocycles. The summed E-state index contributed by atoms with van der Waals surface area (Å²) in [5, 5.41) is 5.12. The van der Waals surface area contributed by atoms with E-state index in [1.165, 1.54) is 36.4 Å². The molecule has 216 valence electrons. The van der Waals surface area contributed by atoms with E-state index < -0.39 is 27.8 Å². The molecule has 0 bridgehead atoms. The van der Waals surface area contributed by atoms with Crippen molar-refractivity contribution in [3.05, 3.63) is 89.2 Å². The van der Waals surface area contributed by atoms with Gasteiger partial charge in [0, 0.05) is 18.3 Å². The highest BCUT2D eigenvalue weighted by Crippen LogP contribution is 2.17. The summed E-state index contributed by atoms with van der Waals surface area (Å²) in [5.74, 6) is -1.90. The van der Waals surface area contributed by atoms with Crippen LogP contribution in [-0.4, -0.2) is 63.9 Å². The molecule has 1 heterocycles. The molecule has 0 aliphatic carbocycles. The first-order valence-corrected chi connectivity index (χ1v) is 14.1. The molecule has 0 spiro atoms. The summed E-state index contributed by atoms with van der Waals surface area (Å²) in [6, 6.07) is 15.0. The fourth-order valence-electron chi connectivity index (χ4n) is 3.52. The third-order valence-electron chi connectivity index (χ3n) is 5.65. The second-order valence-corrected chi connectivity index (χ2v) is 10.3. The third kappa shape index (κ3) is 8.86. The van der Waals surface area contributed by atoms with Crippen molar-refractivity contribution in [2.45, 2.75) is 24.7 Å². The van der Waals surface area contributed by atoms with E-state index in [4.69, 9.17) is 9.47 Å². The maximum absolute atomic E-state index is 12.7. The number of carbonyl (C=O) groups excluding carboxylic acids is 4. The van der Waals surface area contributed by atoms with Crippen molar-refractivity contribution in [2.75, 3.05) is 26.8 Å². The molecule has 0 saturated heterocycles. The van der Waals surface area contributed by atoms with Crippen molar-refractivity contribution in [2.24, 2.45) is 0 Å². The van der Waals surface area contributed by atoms with Crippen LogP contribution in [0.3, 0.4) is 0 Å². The van der Waals surface area contributed by atoms with Gasteiger partial charge in [0.05, 0.1) is 24.2 Å². The molecule has 3 N–H and O–H groups in total. The average Bonchev–Trinajstić information content (AvgIpc) is 2.98. The van der Waals surface area contributed by atoms with Gasteiger partial charge < -0.3 is 20.1 Å². The topological polar surface area (TPSA) is 170 Å². The van der Waals surface area contributed by atoms with E-state index >= 15 is 0 Å². The Morgan fingerprint density at radius 1 is 0.854 bits per heavy atom. The van der Waals surface area contributed by atoms with E-state index in [9.17, 15) is 27.6 Å². The van der Waals surface area contributed by atoms with Crippen LogP contribution in [0.5, 0.6) is 5.75 Å². The number of hydrogen-bond acceptors (Lipinski definition) is 9. The predicted molar refractivity (Wildman–Crippen MR) is 148 cm³/mol. The van der Waals surface area contributed by atoms with Crippen LogP contribution in [0.25, 0.3) is 0 Å². The number of amides is 3. The summed E-state index contributed by atoms with van der Waals surface area (Å²) in [4.78, 5) is 52.3. The lowest BCUT2D eigenvalue weighted by Crippen LogP contribution is -2.32. The molecule has 1 aromatic heterocycles. The Kier molecular flexibility index (Phi) is 10.9. The second-order valence-electron chi connectivity index (χ2n) is 8.61. The van der Waals surface area contributed by atoms with Gasteiger partial charge in [0.25, 0.3) is 27.7 Å². The molecular formula is C28H30N4O8S. The van der Waals surface area contributed by atoms with Gasteiger partial charge in [-0.1, -0.05) is 25.1 Å². The molecule has 0 atom stereocenters. The van der Waals surface area contributed by atoms with E-state index in [2.05, 4.69) is 15.6 Å². The smallest absolute Gasteiger partial charge is 0.325 e. The molecular weight excluding hydrogens is 552 g/mol. The van der Waals surface area contributed by atoms with Crippen molar-refractivity contribution in [3.8, 4) is 5.75 Å². The van der Waals surface area contributed by atoms with Crippen LogP contribution in [0, 0.1) is 0 Å². The van der Waals surface area contributed by atoms with E-state index in [1.54, 1.807) is 7.11 Å². The van der Waals surface area contributed by atoms with E-state index in [1.807, 2.05) is 35.9 Å². The van der Waals surface area contributed by atoms with Crippen LogP contribution in [0.2, 0.25) is 0 Å². The first-order chi connectivity index (χ1) is 19.6. The molecule has 0 saturated carbocycles. The largest absolute Gasteiger partial charge is 0.496 e. The molecule has 2 aromatic carbocycles. The first-order valence-electron chi connectivity index (χ1n) is 12.6. The lowest BCUT2D eigenvalue weighted by atomic mass is 10.1. The van der Waals surface area contributed by atoms with Crippen molar-refractivity contribution in [1.29, 1.82) is 0 Å². The number of hydrogen-bond donors (Lipinski definition) is 3. The van der Waals surface area contributed by atoms with E-state index in [0.29, 0.717) is 19.4 Å². The summed E-state index contributed by atoms with van der Waals surface area (Å²) in [7, 11) is -2.70. The van der Waals surface area contributed by atoms with Crippen molar-refractivity contribution in [3.63, 3.8) is 0 Å². The van der Waals surface area contributed by atoms with Gasteiger partial charge in [0.15, 0.2) is 0 Å². The number of sulfonamides is 1. The Labute approximate surface area is 237 Å². The van der Waals surface area contributed by atoms with Crippen LogP contribution in [0.1, 0.15) is 50.1 Å². The average molecular weight is 583 g/mol. The number of rotatable bonds is 13. The number of benzene rings is 2. The summed E-state index contributed by atoms with van der Waals surface area (Å²) < 4.78 is 37.5. The maximum Gasteiger partial charge on any atom is 0.325 e. The van der Waals surface area contributed by atoms with Crippen LogP contribution in [-0.2, 0) is 26.0 Å². The van der Waals surface area contributed by atoms with Crippen molar-refractivity contribution in [1.82, 2.24) is 20.3 Å². The number of nitrogens with one attached hydrogen (secondary N) is 3. The molecule has 13 heteroatoms. The lowest BCUT2D eigenvalue weighted by molar-refractivity contribution is -0.142. The Morgan fingerprint density at radius 2 is 1.56 bits per heavy atom. The Hall–Kier alpha value is -4.78. The molecule has 12 nitrogen and oxygen atoms in total. The number of nitrogens with zero attached hydrogens (tertiary/aromatic N) is 1. The van der Waals surface area contributed by atoms with Crippen LogP contribution in [0.4, 0.5) is 0 Å². The van der Waals surface area contributed by atoms with Gasteiger partial charge in [-0.05, 0) is 60.9 Å². The minimum Gasteiger partial charge on any atom is -0.496 e. The Balaban J connectivity index is 1.53. The minimum atomic E-state index is -4.27. The number of esters is 1. The summed E-state index contributed by atoms with van der Waals surface area (Å²) >= 11 is 0. The van der Waals surface area contributed by atoms with Crippen molar-refractivity contribution >= 4 is 33.7 Å². The predicted octanol–water partition coefficient (Wildman–Crippen LogP) is 1.86. The van der Waals surface area contributed by atoms with Gasteiger partial charge in [-0.3, -0.25) is 24.2 Å². The first kappa shape index (κ1) is 30.8. The minimum absolute atomic E-state index is 0.0792. The highest BCUT2D eigenvalue weighted by molar-refractivity contribution is 7.90. The molecule has 3 amide bonds. The molecule has 3 aromatic rings. The monoisotopic (exact) mass is 582 g/mol. The van der Waals surface area contributed by atoms with Gasteiger partial charge in [0.2, 0.25) is 0 Å². The molecule has 0 aliphatic rings. The van der Waals surface area contributed by atoms with Crippen LogP contribution in [0.15, 0.2) is 71.8 Å². The van der Waals surface area contributed by atoms with Crippen LogP contribution >= 0.6 is 0 Å². The zero-order valence-corrected chi connectivity index (χ0v) is 23.3. The molecule has 41 heavy (non-hydrogen) atoms. The summed E-state index contributed by atoms with van der Waals surface area (Å²) in [5.41, 5.74) is 0.986.